The topological polar surface area (TPSA) is 116 Å². The summed E-state index contributed by atoms with van der Waals surface area (Å²) in [7, 11) is 1.28. The van der Waals surface area contributed by atoms with E-state index in [1.165, 1.54) is 31.5 Å². The number of esters is 1. The Morgan fingerprint density at radius 1 is 1.08 bits per heavy atom. The number of imidazole rings is 2. The first kappa shape index (κ1) is 35.1. The van der Waals surface area contributed by atoms with E-state index in [2.05, 4.69) is 15.0 Å². The van der Waals surface area contributed by atoms with Crippen molar-refractivity contribution < 1.29 is 31.8 Å². The molecule has 5 aromatic rings. The lowest BCUT2D eigenvalue weighted by Gasteiger charge is -2.31. The number of nitriles is 1. The van der Waals surface area contributed by atoms with Crippen LogP contribution < -0.4 is 4.74 Å². The molecule has 0 atom stereocenters. The molecule has 2 aromatic carbocycles. The van der Waals surface area contributed by atoms with Crippen molar-refractivity contribution in [3.63, 3.8) is 0 Å². The molecular weight excluding hydrogens is 644 g/mol. The van der Waals surface area contributed by atoms with Gasteiger partial charge in [0.05, 0.1) is 66.5 Å². The van der Waals surface area contributed by atoms with E-state index in [-0.39, 0.29) is 24.8 Å². The van der Waals surface area contributed by atoms with Crippen LogP contribution in [0.5, 0.6) is 5.88 Å². The first-order valence-electron chi connectivity index (χ1n) is 15.8. The molecule has 0 amide bonds. The van der Waals surface area contributed by atoms with Crippen molar-refractivity contribution in [2.24, 2.45) is 0 Å². The second kappa shape index (κ2) is 15.3. The third-order valence-corrected chi connectivity index (χ3v) is 8.15. The van der Waals surface area contributed by atoms with Crippen molar-refractivity contribution >= 4 is 17.0 Å². The largest absolute Gasteiger partial charge is 0.472 e. The van der Waals surface area contributed by atoms with E-state index >= 15 is 0 Å². The number of hydrogen-bond acceptors (Lipinski definition) is 8. The number of halogens is 4. The predicted octanol–water partition coefficient (Wildman–Crippen LogP) is 6.28. The summed E-state index contributed by atoms with van der Waals surface area (Å²) in [6.45, 7) is 4.74. The fourth-order valence-electron chi connectivity index (χ4n) is 5.72. The summed E-state index contributed by atoms with van der Waals surface area (Å²) >= 11 is 0. The second-order valence-corrected chi connectivity index (χ2v) is 11.3. The maximum absolute atomic E-state index is 14.2. The molecule has 6 rings (SSSR count). The van der Waals surface area contributed by atoms with Gasteiger partial charge >= 0.3 is 12.1 Å². The van der Waals surface area contributed by atoms with Gasteiger partial charge in [-0.15, -0.1) is 5.10 Å². The van der Waals surface area contributed by atoms with Crippen LogP contribution in [0.2, 0.25) is 0 Å². The van der Waals surface area contributed by atoms with Gasteiger partial charge in [0, 0.05) is 37.1 Å². The monoisotopic (exact) mass is 680 g/mol. The molecule has 49 heavy (non-hydrogen) atoms. The Balaban J connectivity index is 0.00000230. The third-order valence-electron chi connectivity index (χ3n) is 8.15. The van der Waals surface area contributed by atoms with Crippen LogP contribution >= 0.6 is 0 Å². The number of carbonyl (C=O) groups excluding carboxylic acids is 1. The molecule has 1 fully saturated rings. The minimum atomic E-state index is -4.41. The highest BCUT2D eigenvalue weighted by atomic mass is 19.4. The number of methoxy groups -OCH3 is 1. The smallest absolute Gasteiger partial charge is 0.406 e. The highest BCUT2D eigenvalue weighted by Gasteiger charge is 2.29. The summed E-state index contributed by atoms with van der Waals surface area (Å²) in [4.78, 5) is 23.2. The first-order valence-corrected chi connectivity index (χ1v) is 15.8. The zero-order valence-corrected chi connectivity index (χ0v) is 27.3. The van der Waals surface area contributed by atoms with Crippen molar-refractivity contribution in [2.75, 3.05) is 20.2 Å². The van der Waals surface area contributed by atoms with E-state index in [4.69, 9.17) is 19.7 Å². The van der Waals surface area contributed by atoms with E-state index < -0.39 is 24.5 Å². The van der Waals surface area contributed by atoms with E-state index in [1.54, 1.807) is 24.3 Å². The van der Waals surface area contributed by atoms with Gasteiger partial charge in [0.2, 0.25) is 5.88 Å². The Kier molecular flexibility index (Phi) is 11.0. The Hall–Kier alpha value is -5.23. The quantitative estimate of drug-likeness (QED) is 0.125. The Morgan fingerprint density at radius 3 is 2.55 bits per heavy atom. The molecule has 1 aliphatic rings. The lowest BCUT2D eigenvalue weighted by atomic mass is 10.1. The SMILES string of the molecule is CC.COC(=O)c1ccc2nc(CN3CCC(n4ccc(OCc5ccc(C#N)cc5F)n4)CC3)n(Cc3cncn3CC(F)(F)F)c2c1. The first-order chi connectivity index (χ1) is 23.6. The van der Waals surface area contributed by atoms with E-state index in [0.29, 0.717) is 59.2 Å². The van der Waals surface area contributed by atoms with Crippen LogP contribution in [0.1, 0.15) is 65.7 Å². The summed E-state index contributed by atoms with van der Waals surface area (Å²) in [5.74, 6) is -0.0368. The third kappa shape index (κ3) is 8.44. The minimum absolute atomic E-state index is 0.0217. The molecular formula is C34H36F4N8O3. The molecule has 1 aliphatic heterocycles. The molecule has 0 N–H and O–H groups in total. The fourth-order valence-corrected chi connectivity index (χ4v) is 5.72. The van der Waals surface area contributed by atoms with Crippen molar-refractivity contribution in [3.8, 4) is 11.9 Å². The van der Waals surface area contributed by atoms with Crippen LogP contribution in [0.25, 0.3) is 11.0 Å². The highest BCUT2D eigenvalue weighted by Crippen LogP contribution is 2.27. The zero-order valence-electron chi connectivity index (χ0n) is 27.3. The maximum atomic E-state index is 14.2. The van der Waals surface area contributed by atoms with Gasteiger partial charge in [-0.1, -0.05) is 19.9 Å². The van der Waals surface area contributed by atoms with Gasteiger partial charge < -0.3 is 18.6 Å². The van der Waals surface area contributed by atoms with Crippen LogP contribution in [0.15, 0.2) is 61.2 Å². The van der Waals surface area contributed by atoms with Crippen molar-refractivity contribution in [1.82, 2.24) is 33.8 Å². The van der Waals surface area contributed by atoms with Crippen molar-refractivity contribution in [3.05, 3.63) is 95.2 Å². The molecule has 15 heteroatoms. The van der Waals surface area contributed by atoms with Crippen LogP contribution in [0, 0.1) is 17.1 Å². The van der Waals surface area contributed by atoms with Gasteiger partial charge in [0.25, 0.3) is 0 Å². The lowest BCUT2D eigenvalue weighted by Crippen LogP contribution is -2.35. The number of hydrogen-bond donors (Lipinski definition) is 0. The fraction of sp³-hybridized carbons (Fsp3) is 0.382. The summed E-state index contributed by atoms with van der Waals surface area (Å²) in [6, 6.07) is 12.9. The summed E-state index contributed by atoms with van der Waals surface area (Å²) in [6.07, 6.45) is 1.52. The van der Waals surface area contributed by atoms with Crippen LogP contribution in [0.3, 0.4) is 0 Å². The molecule has 4 heterocycles. The number of benzene rings is 2. The molecule has 11 nitrogen and oxygen atoms in total. The molecule has 0 radical (unpaired) electrons. The Labute approximate surface area is 280 Å². The molecule has 3 aromatic heterocycles. The van der Waals surface area contributed by atoms with Crippen LogP contribution in [-0.4, -0.2) is 66.1 Å². The molecule has 0 saturated carbocycles. The van der Waals surface area contributed by atoms with Crippen molar-refractivity contribution in [2.45, 2.75) is 65.1 Å². The molecule has 258 valence electrons. The standard InChI is InChI=1S/C32H30F4N8O3.C2H6/c1-46-31(45)22-4-5-27-28(13-22)43(16-25-15-38-20-42(25)19-32(34,35)36)29(39-27)17-41-9-6-24(7-10-41)44-11-8-30(40-44)47-18-23-3-2-21(14-37)12-26(23)33;1-2/h2-5,8,11-13,15,20,24H,6-7,9-10,16-19H2,1H3;1-2H3. The molecule has 0 aliphatic carbocycles. The summed E-state index contributed by atoms with van der Waals surface area (Å²) in [5.41, 5.74) is 2.42. The van der Waals surface area contributed by atoms with Crippen LogP contribution in [0.4, 0.5) is 17.6 Å². The Morgan fingerprint density at radius 2 is 1.86 bits per heavy atom. The van der Waals surface area contributed by atoms with Crippen LogP contribution in [-0.2, 0) is 31.0 Å². The molecule has 0 unspecified atom stereocenters. The van der Waals surface area contributed by atoms with Gasteiger partial charge in [0.15, 0.2) is 0 Å². The summed E-state index contributed by atoms with van der Waals surface area (Å²) < 4.78 is 69.2. The number of fused-ring (bicyclic) bond motifs is 1. The maximum Gasteiger partial charge on any atom is 0.406 e. The molecule has 0 bridgehead atoms. The molecule has 1 saturated heterocycles. The lowest BCUT2D eigenvalue weighted by molar-refractivity contribution is -0.141. The van der Waals surface area contributed by atoms with E-state index in [1.807, 2.05) is 35.4 Å². The number of nitrogens with zero attached hydrogens (tertiary/aromatic N) is 8. The van der Waals surface area contributed by atoms with Crippen molar-refractivity contribution in [1.29, 1.82) is 5.26 Å². The minimum Gasteiger partial charge on any atom is -0.472 e. The van der Waals surface area contributed by atoms with Gasteiger partial charge in [-0.3, -0.25) is 9.58 Å². The number of likely N-dealkylation sites (tertiary alicyclic amines) is 1. The zero-order chi connectivity index (χ0) is 35.1. The number of rotatable bonds is 10. The number of alkyl halides is 3. The highest BCUT2D eigenvalue weighted by molar-refractivity contribution is 5.93. The normalized spacial score (nSPS) is 13.9. The van der Waals surface area contributed by atoms with Gasteiger partial charge in [0.1, 0.15) is 24.8 Å². The number of ether oxygens (including phenoxy) is 2. The second-order valence-electron chi connectivity index (χ2n) is 11.3. The van der Waals surface area contributed by atoms with Gasteiger partial charge in [-0.05, 0) is 43.2 Å². The number of aromatic nitrogens is 6. The molecule has 0 spiro atoms. The average molecular weight is 681 g/mol. The van der Waals surface area contributed by atoms with Gasteiger partial charge in [-0.25, -0.2) is 19.2 Å². The van der Waals surface area contributed by atoms with E-state index in [0.717, 1.165) is 23.7 Å². The summed E-state index contributed by atoms with van der Waals surface area (Å²) in [5, 5.41) is 13.5. The average Bonchev–Trinajstić information content (AvgIpc) is 3.83. The van der Waals surface area contributed by atoms with Gasteiger partial charge in [-0.2, -0.15) is 18.4 Å². The number of carbonyl (C=O) groups is 1. The van der Waals surface area contributed by atoms with E-state index in [9.17, 15) is 22.4 Å². The number of piperidine rings is 1. The predicted molar refractivity (Wildman–Crippen MR) is 171 cm³/mol. The Bertz CT molecular complexity index is 1930.